The van der Waals surface area contributed by atoms with Gasteiger partial charge in [-0.25, -0.2) is 4.79 Å². The summed E-state index contributed by atoms with van der Waals surface area (Å²) in [5.41, 5.74) is 0.865. The Morgan fingerprint density at radius 3 is 2.47 bits per heavy atom. The Hall–Kier alpha value is -2.05. The lowest BCUT2D eigenvalue weighted by Crippen LogP contribution is -2.43. The first-order chi connectivity index (χ1) is 8.69. The highest BCUT2D eigenvalue weighted by Gasteiger charge is 2.36. The van der Waals surface area contributed by atoms with E-state index in [4.69, 9.17) is 5.11 Å². The molecule has 7 heteroatoms. The summed E-state index contributed by atoms with van der Waals surface area (Å²) in [7, 11) is 0. The molecular formula is C12H12F3NO3. The average Bonchev–Trinajstić information content (AvgIpc) is 2.26. The van der Waals surface area contributed by atoms with Crippen LogP contribution in [-0.2, 0) is 4.79 Å². The van der Waals surface area contributed by atoms with E-state index >= 15 is 0 Å². The minimum absolute atomic E-state index is 0.119. The second-order valence-corrected chi connectivity index (χ2v) is 4.05. The molecule has 0 aromatic heterocycles. The normalized spacial score (nSPS) is 12.8. The van der Waals surface area contributed by atoms with Crippen LogP contribution in [0.3, 0.4) is 0 Å². The fourth-order valence-electron chi connectivity index (χ4n) is 1.46. The van der Waals surface area contributed by atoms with Gasteiger partial charge >= 0.3 is 12.1 Å². The van der Waals surface area contributed by atoms with Crippen LogP contribution in [0.4, 0.5) is 13.2 Å². The van der Waals surface area contributed by atoms with Crippen molar-refractivity contribution in [3.05, 3.63) is 35.4 Å². The number of carbonyl (C=O) groups is 2. The maximum absolute atomic E-state index is 12.2. The van der Waals surface area contributed by atoms with Gasteiger partial charge in [0.15, 0.2) is 0 Å². The molecule has 1 unspecified atom stereocenters. The summed E-state index contributed by atoms with van der Waals surface area (Å²) < 4.78 is 36.5. The number of benzene rings is 1. The van der Waals surface area contributed by atoms with Crippen LogP contribution in [-0.4, -0.2) is 29.2 Å². The molecule has 1 atom stereocenters. The zero-order valence-corrected chi connectivity index (χ0v) is 9.99. The van der Waals surface area contributed by atoms with E-state index in [1.807, 2.05) is 5.32 Å². The molecule has 0 fully saturated rings. The molecule has 2 N–H and O–H groups in total. The predicted molar refractivity (Wildman–Crippen MR) is 60.7 cm³/mol. The lowest BCUT2D eigenvalue weighted by Gasteiger charge is -2.16. The molecule has 0 aliphatic heterocycles. The van der Waals surface area contributed by atoms with Gasteiger partial charge in [-0.2, -0.15) is 13.2 Å². The van der Waals surface area contributed by atoms with E-state index in [9.17, 15) is 22.8 Å². The lowest BCUT2D eigenvalue weighted by atomic mass is 10.1. The quantitative estimate of drug-likeness (QED) is 0.884. The third-order valence-electron chi connectivity index (χ3n) is 2.32. The number of carboxylic acids is 1. The molecule has 1 rings (SSSR count). The van der Waals surface area contributed by atoms with E-state index in [2.05, 4.69) is 0 Å². The van der Waals surface area contributed by atoms with Crippen molar-refractivity contribution in [2.45, 2.75) is 25.6 Å². The molecule has 0 spiro atoms. The van der Waals surface area contributed by atoms with Gasteiger partial charge in [-0.1, -0.05) is 17.7 Å². The van der Waals surface area contributed by atoms with E-state index in [1.165, 1.54) is 12.1 Å². The third kappa shape index (κ3) is 4.99. The van der Waals surface area contributed by atoms with Crippen molar-refractivity contribution in [3.63, 3.8) is 0 Å². The molecule has 0 bridgehead atoms. The zero-order chi connectivity index (χ0) is 14.6. The first-order valence-corrected chi connectivity index (χ1v) is 5.36. The van der Waals surface area contributed by atoms with Gasteiger partial charge in [-0.3, -0.25) is 4.79 Å². The largest absolute Gasteiger partial charge is 0.480 e. The SMILES string of the molecule is Cc1cccc(C(=O)NC(CC(F)(F)F)C(=O)O)c1. The maximum Gasteiger partial charge on any atom is 0.391 e. The highest BCUT2D eigenvalue weighted by molar-refractivity contribution is 5.96. The molecule has 0 aliphatic carbocycles. The zero-order valence-electron chi connectivity index (χ0n) is 9.99. The fraction of sp³-hybridized carbons (Fsp3) is 0.333. The van der Waals surface area contributed by atoms with Crippen LogP contribution in [0.25, 0.3) is 0 Å². The first kappa shape index (κ1) is 15.0. The van der Waals surface area contributed by atoms with E-state index < -0.39 is 30.5 Å². The summed E-state index contributed by atoms with van der Waals surface area (Å²) in [5.74, 6) is -2.57. The summed E-state index contributed by atoms with van der Waals surface area (Å²) in [6.45, 7) is 1.71. The molecule has 0 saturated carbocycles. The Balaban J connectivity index is 2.80. The molecule has 1 aromatic rings. The number of alkyl halides is 3. The molecule has 4 nitrogen and oxygen atoms in total. The van der Waals surface area contributed by atoms with Crippen molar-refractivity contribution < 1.29 is 27.9 Å². The summed E-state index contributed by atoms with van der Waals surface area (Å²) in [5, 5.41) is 10.5. The first-order valence-electron chi connectivity index (χ1n) is 5.36. The summed E-state index contributed by atoms with van der Waals surface area (Å²) in [6.07, 6.45) is -6.27. The topological polar surface area (TPSA) is 66.4 Å². The Morgan fingerprint density at radius 2 is 2.00 bits per heavy atom. The summed E-state index contributed by atoms with van der Waals surface area (Å²) in [6, 6.07) is 4.13. The van der Waals surface area contributed by atoms with Crippen LogP contribution in [0.2, 0.25) is 0 Å². The number of rotatable bonds is 4. The molecule has 0 saturated heterocycles. The number of carboxylic acid groups (broad SMARTS) is 1. The Morgan fingerprint density at radius 1 is 1.37 bits per heavy atom. The second kappa shape index (κ2) is 5.73. The lowest BCUT2D eigenvalue weighted by molar-refractivity contribution is -0.157. The Kier molecular flexibility index (Phi) is 4.52. The molecule has 1 amide bonds. The van der Waals surface area contributed by atoms with E-state index in [1.54, 1.807) is 19.1 Å². The van der Waals surface area contributed by atoms with Gasteiger partial charge in [0.25, 0.3) is 5.91 Å². The van der Waals surface area contributed by atoms with Gasteiger partial charge < -0.3 is 10.4 Å². The Labute approximate surface area is 107 Å². The van der Waals surface area contributed by atoms with Crippen molar-refractivity contribution in [3.8, 4) is 0 Å². The molecule has 0 aliphatic rings. The number of hydrogen-bond donors (Lipinski definition) is 2. The van der Waals surface area contributed by atoms with Crippen molar-refractivity contribution in [2.75, 3.05) is 0 Å². The standard InChI is InChI=1S/C12H12F3NO3/c1-7-3-2-4-8(5-7)10(17)16-9(11(18)19)6-12(13,14)15/h2-5,9H,6H2,1H3,(H,16,17)(H,18,19). The van der Waals surface area contributed by atoms with Crippen molar-refractivity contribution in [1.82, 2.24) is 5.32 Å². The number of carbonyl (C=O) groups excluding carboxylic acids is 1. The molecule has 0 radical (unpaired) electrons. The maximum atomic E-state index is 12.2. The van der Waals surface area contributed by atoms with Gasteiger partial charge in [0, 0.05) is 5.56 Å². The predicted octanol–water partition coefficient (Wildman–Crippen LogP) is 2.13. The number of aliphatic carboxylic acids is 1. The van der Waals surface area contributed by atoms with Crippen LogP contribution in [0.1, 0.15) is 22.3 Å². The van der Waals surface area contributed by atoms with Crippen LogP contribution in [0.5, 0.6) is 0 Å². The number of amides is 1. The van der Waals surface area contributed by atoms with E-state index in [0.29, 0.717) is 0 Å². The average molecular weight is 275 g/mol. The van der Waals surface area contributed by atoms with Crippen LogP contribution < -0.4 is 5.32 Å². The summed E-state index contributed by atoms with van der Waals surface area (Å²) in [4.78, 5) is 22.4. The van der Waals surface area contributed by atoms with Gasteiger partial charge in [0.1, 0.15) is 6.04 Å². The minimum Gasteiger partial charge on any atom is -0.480 e. The van der Waals surface area contributed by atoms with Crippen LogP contribution in [0, 0.1) is 6.92 Å². The number of hydrogen-bond acceptors (Lipinski definition) is 2. The minimum atomic E-state index is -4.66. The monoisotopic (exact) mass is 275 g/mol. The van der Waals surface area contributed by atoms with Crippen LogP contribution in [0.15, 0.2) is 24.3 Å². The number of nitrogens with one attached hydrogen (secondary N) is 1. The fourth-order valence-corrected chi connectivity index (χ4v) is 1.46. The third-order valence-corrected chi connectivity index (χ3v) is 2.32. The highest BCUT2D eigenvalue weighted by atomic mass is 19.4. The van der Waals surface area contributed by atoms with Crippen molar-refractivity contribution in [1.29, 1.82) is 0 Å². The molecule has 19 heavy (non-hydrogen) atoms. The van der Waals surface area contributed by atoms with Gasteiger partial charge in [0.05, 0.1) is 6.42 Å². The second-order valence-electron chi connectivity index (χ2n) is 4.05. The number of aryl methyl sites for hydroxylation is 1. The van der Waals surface area contributed by atoms with Gasteiger partial charge in [-0.05, 0) is 19.1 Å². The molecular weight excluding hydrogens is 263 g/mol. The van der Waals surface area contributed by atoms with Crippen molar-refractivity contribution in [2.24, 2.45) is 0 Å². The molecule has 0 heterocycles. The number of halogens is 3. The summed E-state index contributed by atoms with van der Waals surface area (Å²) >= 11 is 0. The van der Waals surface area contributed by atoms with Crippen molar-refractivity contribution >= 4 is 11.9 Å². The smallest absolute Gasteiger partial charge is 0.391 e. The highest BCUT2D eigenvalue weighted by Crippen LogP contribution is 2.21. The van der Waals surface area contributed by atoms with Gasteiger partial charge in [-0.15, -0.1) is 0 Å². The van der Waals surface area contributed by atoms with E-state index in [0.717, 1.165) is 5.56 Å². The van der Waals surface area contributed by atoms with E-state index in [-0.39, 0.29) is 5.56 Å². The van der Waals surface area contributed by atoms with Crippen LogP contribution >= 0.6 is 0 Å². The molecule has 1 aromatic carbocycles. The van der Waals surface area contributed by atoms with Gasteiger partial charge in [0.2, 0.25) is 0 Å². The Bertz CT molecular complexity index is 485. The molecule has 104 valence electrons.